The van der Waals surface area contributed by atoms with Gasteiger partial charge in [0.25, 0.3) is 0 Å². The van der Waals surface area contributed by atoms with E-state index >= 15 is 0 Å². The van der Waals surface area contributed by atoms with Crippen LogP contribution in [0.1, 0.15) is 0 Å². The van der Waals surface area contributed by atoms with Crippen LogP contribution in [0.25, 0.3) is 21.1 Å². The lowest BCUT2D eigenvalue weighted by Gasteiger charge is -2.00. The Morgan fingerprint density at radius 3 is 2.87 bits per heavy atom. The van der Waals surface area contributed by atoms with Crippen molar-refractivity contribution in [2.45, 2.75) is 0 Å². The fourth-order valence-corrected chi connectivity index (χ4v) is 2.92. The Hall–Kier alpha value is -1.48. The topological polar surface area (TPSA) is 14.2 Å². The van der Waals surface area contributed by atoms with Crippen LogP contribution in [0, 0.1) is 0 Å². The highest BCUT2D eigenvalue weighted by atomic mass is 32.1. The van der Waals surface area contributed by atoms with E-state index < -0.39 is 0 Å². The molecule has 0 atom stereocenters. The van der Waals surface area contributed by atoms with Crippen LogP contribution >= 0.6 is 11.3 Å². The lowest BCUT2D eigenvalue weighted by atomic mass is 10.2. The number of methoxy groups -OCH3 is 1. The smallest absolute Gasteiger partial charge is 0.119 e. The fraction of sp³-hybridized carbons (Fsp3) is 0.167. The maximum atomic E-state index is 5.25. The standard InChI is InChI=1S/C12H11NOS/c1-13-11-4-3-8(14-2)7-10(11)9-5-6-15-12(9)13/h3-7H,1-2H3. The van der Waals surface area contributed by atoms with Gasteiger partial charge in [-0.15, -0.1) is 11.3 Å². The second kappa shape index (κ2) is 3.00. The third-order valence-electron chi connectivity index (χ3n) is 2.80. The molecule has 2 aromatic heterocycles. The SMILES string of the molecule is COc1ccc2c(c1)c1ccsc1n2C. The van der Waals surface area contributed by atoms with Crippen LogP contribution in [0.4, 0.5) is 0 Å². The molecule has 1 aromatic carbocycles. The third-order valence-corrected chi connectivity index (χ3v) is 3.79. The molecule has 0 saturated heterocycles. The summed E-state index contributed by atoms with van der Waals surface area (Å²) in [4.78, 5) is 1.32. The van der Waals surface area contributed by atoms with Crippen molar-refractivity contribution in [3.8, 4) is 5.75 Å². The van der Waals surface area contributed by atoms with Crippen molar-refractivity contribution in [1.29, 1.82) is 0 Å². The number of hydrogen-bond donors (Lipinski definition) is 0. The first kappa shape index (κ1) is 8.80. The minimum atomic E-state index is 0.918. The van der Waals surface area contributed by atoms with Gasteiger partial charge in [0.1, 0.15) is 10.6 Å². The Balaban J connectivity index is 2.51. The van der Waals surface area contributed by atoms with Gasteiger partial charge in [0.05, 0.1) is 7.11 Å². The number of aryl methyl sites for hydroxylation is 1. The first-order valence-electron chi connectivity index (χ1n) is 4.81. The summed E-state index contributed by atoms with van der Waals surface area (Å²) >= 11 is 1.78. The molecule has 3 rings (SSSR count). The molecular weight excluding hydrogens is 206 g/mol. The zero-order valence-corrected chi connectivity index (χ0v) is 9.47. The summed E-state index contributed by atoms with van der Waals surface area (Å²) in [6.07, 6.45) is 0. The largest absolute Gasteiger partial charge is 0.497 e. The Bertz CT molecular complexity index is 635. The van der Waals surface area contributed by atoms with Crippen molar-refractivity contribution >= 4 is 32.5 Å². The summed E-state index contributed by atoms with van der Waals surface area (Å²) in [7, 11) is 3.81. The van der Waals surface area contributed by atoms with Crippen LogP contribution in [0.2, 0.25) is 0 Å². The number of thiophene rings is 1. The highest BCUT2D eigenvalue weighted by molar-refractivity contribution is 7.17. The van der Waals surface area contributed by atoms with Gasteiger partial charge in [0.2, 0.25) is 0 Å². The van der Waals surface area contributed by atoms with Crippen LogP contribution < -0.4 is 4.74 Å². The van der Waals surface area contributed by atoms with Gasteiger partial charge in [-0.1, -0.05) is 0 Å². The minimum absolute atomic E-state index is 0.918. The lowest BCUT2D eigenvalue weighted by Crippen LogP contribution is -1.85. The number of nitrogens with zero attached hydrogens (tertiary/aromatic N) is 1. The number of aromatic nitrogens is 1. The average Bonchev–Trinajstić information content (AvgIpc) is 2.83. The third kappa shape index (κ3) is 1.10. The number of ether oxygens (including phenoxy) is 1. The summed E-state index contributed by atoms with van der Waals surface area (Å²) in [5.74, 6) is 0.918. The summed E-state index contributed by atoms with van der Waals surface area (Å²) in [6.45, 7) is 0. The minimum Gasteiger partial charge on any atom is -0.497 e. The Kier molecular flexibility index (Phi) is 1.76. The van der Waals surface area contributed by atoms with Crippen molar-refractivity contribution < 1.29 is 4.74 Å². The molecule has 2 heterocycles. The molecule has 0 aliphatic heterocycles. The average molecular weight is 217 g/mol. The monoisotopic (exact) mass is 217 g/mol. The summed E-state index contributed by atoms with van der Waals surface area (Å²) in [5.41, 5.74) is 1.26. The van der Waals surface area contributed by atoms with Crippen molar-refractivity contribution in [3.63, 3.8) is 0 Å². The Labute approximate surface area is 91.7 Å². The zero-order valence-electron chi connectivity index (χ0n) is 8.65. The number of rotatable bonds is 1. The van der Waals surface area contributed by atoms with E-state index in [1.807, 2.05) is 6.07 Å². The van der Waals surface area contributed by atoms with E-state index in [9.17, 15) is 0 Å². The van der Waals surface area contributed by atoms with Gasteiger partial charge in [0, 0.05) is 23.3 Å². The maximum Gasteiger partial charge on any atom is 0.119 e. The highest BCUT2D eigenvalue weighted by Crippen LogP contribution is 2.33. The molecule has 0 saturated carbocycles. The Morgan fingerprint density at radius 1 is 1.20 bits per heavy atom. The van der Waals surface area contributed by atoms with E-state index in [0.29, 0.717) is 0 Å². The van der Waals surface area contributed by atoms with Crippen molar-refractivity contribution in [1.82, 2.24) is 4.57 Å². The fourth-order valence-electron chi connectivity index (χ4n) is 2.03. The predicted molar refractivity (Wildman–Crippen MR) is 64.9 cm³/mol. The molecule has 76 valence electrons. The van der Waals surface area contributed by atoms with Gasteiger partial charge >= 0.3 is 0 Å². The molecule has 0 fully saturated rings. The van der Waals surface area contributed by atoms with Crippen LogP contribution in [-0.4, -0.2) is 11.7 Å². The second-order valence-electron chi connectivity index (χ2n) is 3.58. The van der Waals surface area contributed by atoms with Gasteiger partial charge in [-0.3, -0.25) is 0 Å². The van der Waals surface area contributed by atoms with Gasteiger partial charge in [-0.25, -0.2) is 0 Å². The van der Waals surface area contributed by atoms with Crippen molar-refractivity contribution in [3.05, 3.63) is 29.6 Å². The Morgan fingerprint density at radius 2 is 2.07 bits per heavy atom. The summed E-state index contributed by atoms with van der Waals surface area (Å²) < 4.78 is 7.48. The van der Waals surface area contributed by atoms with Gasteiger partial charge in [0.15, 0.2) is 0 Å². The first-order valence-corrected chi connectivity index (χ1v) is 5.69. The number of hydrogen-bond acceptors (Lipinski definition) is 2. The van der Waals surface area contributed by atoms with Crippen LogP contribution in [-0.2, 0) is 7.05 Å². The van der Waals surface area contributed by atoms with Gasteiger partial charge in [-0.2, -0.15) is 0 Å². The van der Waals surface area contributed by atoms with Crippen LogP contribution in [0.3, 0.4) is 0 Å². The summed E-state index contributed by atoms with van der Waals surface area (Å²) in [5, 5.41) is 4.72. The predicted octanol–water partition coefficient (Wildman–Crippen LogP) is 3.40. The molecule has 3 heteroatoms. The lowest BCUT2D eigenvalue weighted by molar-refractivity contribution is 0.415. The van der Waals surface area contributed by atoms with E-state index in [-0.39, 0.29) is 0 Å². The van der Waals surface area contributed by atoms with E-state index in [1.165, 1.54) is 21.1 Å². The molecule has 0 aliphatic carbocycles. The van der Waals surface area contributed by atoms with E-state index in [4.69, 9.17) is 4.74 Å². The first-order chi connectivity index (χ1) is 7.31. The molecule has 0 aliphatic rings. The molecule has 15 heavy (non-hydrogen) atoms. The number of benzene rings is 1. The molecule has 0 unspecified atom stereocenters. The molecule has 0 spiro atoms. The van der Waals surface area contributed by atoms with E-state index in [0.717, 1.165) is 5.75 Å². The normalized spacial score (nSPS) is 11.3. The highest BCUT2D eigenvalue weighted by Gasteiger charge is 2.09. The van der Waals surface area contributed by atoms with Gasteiger partial charge < -0.3 is 9.30 Å². The van der Waals surface area contributed by atoms with Crippen LogP contribution in [0.15, 0.2) is 29.6 Å². The molecule has 0 radical (unpaired) electrons. The van der Waals surface area contributed by atoms with E-state index in [2.05, 4.69) is 35.2 Å². The quantitative estimate of drug-likeness (QED) is 0.609. The molecule has 0 amide bonds. The van der Waals surface area contributed by atoms with Gasteiger partial charge in [-0.05, 0) is 29.6 Å². The molecule has 2 nitrogen and oxygen atoms in total. The molecule has 0 bridgehead atoms. The van der Waals surface area contributed by atoms with Crippen LogP contribution in [0.5, 0.6) is 5.75 Å². The van der Waals surface area contributed by atoms with Crippen molar-refractivity contribution in [2.24, 2.45) is 7.05 Å². The molecular formula is C12H11NOS. The molecule has 0 N–H and O–H groups in total. The van der Waals surface area contributed by atoms with E-state index in [1.54, 1.807) is 18.4 Å². The number of fused-ring (bicyclic) bond motifs is 3. The van der Waals surface area contributed by atoms with Crippen molar-refractivity contribution in [2.75, 3.05) is 7.11 Å². The maximum absolute atomic E-state index is 5.25. The second-order valence-corrected chi connectivity index (χ2v) is 4.48. The zero-order chi connectivity index (χ0) is 10.4. The molecule has 3 aromatic rings. The summed E-state index contributed by atoms with van der Waals surface area (Å²) in [6, 6.07) is 8.39.